The second-order valence-electron chi connectivity index (χ2n) is 9.57. The SMILES string of the molecule is CCCN1CC(CNC(=O)C23CC(NC(=O)COc4ccc(Cl)c(F)c4)(C2)C3)CNC1OC. The van der Waals surface area contributed by atoms with E-state index in [9.17, 15) is 14.0 Å². The van der Waals surface area contributed by atoms with E-state index in [1.54, 1.807) is 7.11 Å². The molecule has 2 unspecified atom stereocenters. The fraction of sp³-hybridized carbons (Fsp3) is 0.652. The summed E-state index contributed by atoms with van der Waals surface area (Å²) in [5, 5.41) is 9.48. The maximum absolute atomic E-state index is 13.5. The summed E-state index contributed by atoms with van der Waals surface area (Å²) in [7, 11) is 1.70. The van der Waals surface area contributed by atoms with Crippen LogP contribution >= 0.6 is 11.6 Å². The summed E-state index contributed by atoms with van der Waals surface area (Å²) in [6.07, 6.45) is 2.90. The van der Waals surface area contributed by atoms with Gasteiger partial charge in [-0.1, -0.05) is 18.5 Å². The predicted octanol–water partition coefficient (Wildman–Crippen LogP) is 1.87. The number of carbonyl (C=O) groups excluding carboxylic acids is 2. The van der Waals surface area contributed by atoms with Crippen LogP contribution in [-0.2, 0) is 14.3 Å². The van der Waals surface area contributed by atoms with Gasteiger partial charge < -0.3 is 20.1 Å². The molecule has 4 aliphatic rings. The van der Waals surface area contributed by atoms with Gasteiger partial charge in [-0.15, -0.1) is 0 Å². The standard InChI is InChI=1S/C23H32ClFN4O4/c1-3-6-29-10-15(9-27-21(29)32-2)8-26-20(31)22-12-23(13-22,14-22)28-19(30)11-33-16-4-5-17(24)18(25)7-16/h4-5,7,15,21,27H,3,6,8-14H2,1-2H3,(H,26,31)(H,28,30). The topological polar surface area (TPSA) is 91.9 Å². The third-order valence-electron chi connectivity index (χ3n) is 6.87. The molecule has 182 valence electrons. The van der Waals surface area contributed by atoms with Crippen LogP contribution in [0.4, 0.5) is 4.39 Å². The lowest BCUT2D eigenvalue weighted by Crippen LogP contribution is -2.78. The van der Waals surface area contributed by atoms with Crippen molar-refractivity contribution in [3.05, 3.63) is 29.0 Å². The van der Waals surface area contributed by atoms with E-state index in [0.29, 0.717) is 31.7 Å². The van der Waals surface area contributed by atoms with Crippen LogP contribution in [0, 0.1) is 17.2 Å². The van der Waals surface area contributed by atoms with Crippen molar-refractivity contribution in [2.24, 2.45) is 11.3 Å². The number of halogens is 2. The summed E-state index contributed by atoms with van der Waals surface area (Å²) in [6, 6.07) is 4.04. The molecule has 1 heterocycles. The average molecular weight is 483 g/mol. The second kappa shape index (κ2) is 9.74. The van der Waals surface area contributed by atoms with E-state index in [4.69, 9.17) is 21.1 Å². The molecule has 3 aliphatic carbocycles. The summed E-state index contributed by atoms with van der Waals surface area (Å²) >= 11 is 5.65. The Labute approximate surface area is 198 Å². The molecule has 1 saturated heterocycles. The van der Waals surface area contributed by atoms with Gasteiger partial charge >= 0.3 is 0 Å². The number of amides is 2. The minimum Gasteiger partial charge on any atom is -0.484 e. The Kier molecular flexibility index (Phi) is 7.14. The highest BCUT2D eigenvalue weighted by atomic mass is 35.5. The maximum Gasteiger partial charge on any atom is 0.258 e. The molecule has 5 rings (SSSR count). The van der Waals surface area contributed by atoms with Crippen LogP contribution in [0.15, 0.2) is 18.2 Å². The third-order valence-corrected chi connectivity index (χ3v) is 7.17. The smallest absolute Gasteiger partial charge is 0.258 e. The largest absolute Gasteiger partial charge is 0.484 e. The summed E-state index contributed by atoms with van der Waals surface area (Å²) < 4.78 is 24.3. The quantitative estimate of drug-likeness (QED) is 0.471. The molecule has 4 fully saturated rings. The van der Waals surface area contributed by atoms with Crippen molar-refractivity contribution in [3.63, 3.8) is 0 Å². The normalized spacial score (nSPS) is 30.7. The molecule has 1 aromatic rings. The van der Waals surface area contributed by atoms with Gasteiger partial charge in [0.25, 0.3) is 5.91 Å². The summed E-state index contributed by atoms with van der Waals surface area (Å²) in [5.41, 5.74) is -0.688. The Balaban J connectivity index is 1.17. The number of hydrogen-bond acceptors (Lipinski definition) is 6. The van der Waals surface area contributed by atoms with Crippen molar-refractivity contribution in [1.29, 1.82) is 0 Å². The van der Waals surface area contributed by atoms with Crippen molar-refractivity contribution in [1.82, 2.24) is 20.9 Å². The third kappa shape index (κ3) is 5.11. The van der Waals surface area contributed by atoms with Gasteiger partial charge in [-0.25, -0.2) is 4.39 Å². The minimum absolute atomic E-state index is 0.00134. The van der Waals surface area contributed by atoms with E-state index in [1.807, 2.05) is 0 Å². The van der Waals surface area contributed by atoms with E-state index in [2.05, 4.69) is 27.8 Å². The van der Waals surface area contributed by atoms with Crippen molar-refractivity contribution in [3.8, 4) is 5.75 Å². The minimum atomic E-state index is -0.595. The molecule has 2 amide bonds. The fourth-order valence-electron chi connectivity index (χ4n) is 5.39. The van der Waals surface area contributed by atoms with Gasteiger partial charge in [0.2, 0.25) is 5.91 Å². The lowest BCUT2D eigenvalue weighted by Gasteiger charge is -2.69. The van der Waals surface area contributed by atoms with Crippen LogP contribution in [0.5, 0.6) is 5.75 Å². The molecular weight excluding hydrogens is 451 g/mol. The molecule has 2 atom stereocenters. The van der Waals surface area contributed by atoms with Crippen molar-refractivity contribution >= 4 is 23.4 Å². The van der Waals surface area contributed by atoms with E-state index in [-0.39, 0.29) is 46.5 Å². The predicted molar refractivity (Wildman–Crippen MR) is 121 cm³/mol. The maximum atomic E-state index is 13.5. The van der Waals surface area contributed by atoms with Crippen LogP contribution in [0.25, 0.3) is 0 Å². The molecule has 8 nitrogen and oxygen atoms in total. The molecule has 3 N–H and O–H groups in total. The molecule has 33 heavy (non-hydrogen) atoms. The first-order chi connectivity index (χ1) is 15.8. The fourth-order valence-corrected chi connectivity index (χ4v) is 5.50. The Morgan fingerprint density at radius 2 is 2.09 bits per heavy atom. The molecule has 1 aromatic carbocycles. The molecule has 1 aliphatic heterocycles. The van der Waals surface area contributed by atoms with Gasteiger partial charge in [-0.2, -0.15) is 0 Å². The monoisotopic (exact) mass is 482 g/mol. The zero-order chi connectivity index (χ0) is 23.6. The van der Waals surface area contributed by atoms with Crippen LogP contribution in [-0.4, -0.2) is 68.5 Å². The highest BCUT2D eigenvalue weighted by molar-refractivity contribution is 6.30. The van der Waals surface area contributed by atoms with Crippen LogP contribution in [0.2, 0.25) is 5.02 Å². The Morgan fingerprint density at radius 1 is 1.33 bits per heavy atom. The molecule has 0 radical (unpaired) electrons. The second-order valence-corrected chi connectivity index (χ2v) is 9.98. The van der Waals surface area contributed by atoms with E-state index >= 15 is 0 Å². The number of nitrogens with zero attached hydrogens (tertiary/aromatic N) is 1. The molecule has 2 bridgehead atoms. The lowest BCUT2D eigenvalue weighted by molar-refractivity contribution is -0.184. The summed E-state index contributed by atoms with van der Waals surface area (Å²) in [4.78, 5) is 27.3. The average Bonchev–Trinajstić information content (AvgIpc) is 2.74. The first-order valence-corrected chi connectivity index (χ1v) is 11.8. The van der Waals surface area contributed by atoms with Crippen molar-refractivity contribution in [2.75, 3.05) is 39.9 Å². The first-order valence-electron chi connectivity index (χ1n) is 11.5. The zero-order valence-electron chi connectivity index (χ0n) is 19.1. The van der Waals surface area contributed by atoms with E-state index in [0.717, 1.165) is 32.1 Å². The number of rotatable bonds is 10. The van der Waals surface area contributed by atoms with Crippen molar-refractivity contribution < 1.29 is 23.5 Å². The van der Waals surface area contributed by atoms with Gasteiger partial charge in [-0.05, 0) is 37.8 Å². The van der Waals surface area contributed by atoms with Crippen LogP contribution < -0.4 is 20.7 Å². The van der Waals surface area contributed by atoms with Crippen LogP contribution in [0.3, 0.4) is 0 Å². The van der Waals surface area contributed by atoms with Gasteiger partial charge in [0.15, 0.2) is 13.0 Å². The first kappa shape index (κ1) is 24.2. The van der Waals surface area contributed by atoms with Gasteiger partial charge in [0.05, 0.1) is 10.4 Å². The Bertz CT molecular complexity index is 881. The summed E-state index contributed by atoms with van der Waals surface area (Å²) in [6.45, 7) is 5.16. The van der Waals surface area contributed by atoms with E-state index < -0.39 is 5.82 Å². The zero-order valence-corrected chi connectivity index (χ0v) is 19.8. The number of methoxy groups -OCH3 is 1. The number of nitrogens with one attached hydrogen (secondary N) is 3. The van der Waals surface area contributed by atoms with Gasteiger partial charge in [-0.3, -0.25) is 19.8 Å². The molecular formula is C23H32ClFN4O4. The van der Waals surface area contributed by atoms with Crippen LogP contribution in [0.1, 0.15) is 32.6 Å². The molecule has 0 spiro atoms. The number of hydrogen-bond donors (Lipinski definition) is 3. The lowest BCUT2D eigenvalue weighted by atomic mass is 9.39. The summed E-state index contributed by atoms with van der Waals surface area (Å²) in [5.74, 6) is -0.240. The van der Waals surface area contributed by atoms with Gasteiger partial charge in [0.1, 0.15) is 11.6 Å². The van der Waals surface area contributed by atoms with Crippen molar-refractivity contribution in [2.45, 2.75) is 44.5 Å². The number of carbonyl (C=O) groups is 2. The Hall–Kier alpha value is -1.94. The highest BCUT2D eigenvalue weighted by Gasteiger charge is 2.72. The molecule has 0 aromatic heterocycles. The number of ether oxygens (including phenoxy) is 2. The van der Waals surface area contributed by atoms with E-state index in [1.165, 1.54) is 12.1 Å². The number of benzene rings is 1. The Morgan fingerprint density at radius 3 is 2.76 bits per heavy atom. The molecule has 3 saturated carbocycles. The molecule has 10 heteroatoms. The highest BCUT2D eigenvalue weighted by Crippen LogP contribution is 2.67. The van der Waals surface area contributed by atoms with Gasteiger partial charge in [0, 0.05) is 50.8 Å².